The van der Waals surface area contributed by atoms with Crippen LogP contribution in [0.4, 0.5) is 18.9 Å². The Labute approximate surface area is 213 Å². The molecule has 10 heteroatoms. The lowest BCUT2D eigenvalue weighted by atomic mass is 9.89. The van der Waals surface area contributed by atoms with Gasteiger partial charge in [-0.25, -0.2) is 0 Å². The molecule has 0 bridgehead atoms. The summed E-state index contributed by atoms with van der Waals surface area (Å²) in [5, 5.41) is 5.89. The fraction of sp³-hybridized carbons (Fsp3) is 0.370. The van der Waals surface area contributed by atoms with E-state index in [2.05, 4.69) is 10.4 Å². The first-order valence-electron chi connectivity index (χ1n) is 12.0. The highest BCUT2D eigenvalue weighted by Gasteiger charge is 2.39. The molecule has 1 fully saturated rings. The fourth-order valence-electron chi connectivity index (χ4n) is 4.71. The van der Waals surface area contributed by atoms with Crippen molar-refractivity contribution in [3.8, 4) is 5.75 Å². The third kappa shape index (κ3) is 5.95. The van der Waals surface area contributed by atoms with E-state index in [1.165, 1.54) is 7.05 Å². The van der Waals surface area contributed by atoms with Crippen LogP contribution in [0.5, 0.6) is 5.75 Å². The van der Waals surface area contributed by atoms with Crippen LogP contribution in [-0.4, -0.2) is 46.7 Å². The number of aryl methyl sites for hydroxylation is 1. The van der Waals surface area contributed by atoms with Gasteiger partial charge >= 0.3 is 6.18 Å². The van der Waals surface area contributed by atoms with E-state index in [0.717, 1.165) is 46.2 Å². The highest BCUT2D eigenvalue weighted by atomic mass is 19.4. The largest absolute Gasteiger partial charge is 0.496 e. The second-order valence-electron chi connectivity index (χ2n) is 9.22. The Morgan fingerprint density at radius 2 is 1.78 bits per heavy atom. The summed E-state index contributed by atoms with van der Waals surface area (Å²) in [7, 11) is 2.95. The number of carbonyl (C=O) groups is 2. The van der Waals surface area contributed by atoms with Crippen molar-refractivity contribution in [1.29, 1.82) is 0 Å². The van der Waals surface area contributed by atoms with Crippen LogP contribution in [-0.2, 0) is 24.4 Å². The number of amides is 2. The number of halogens is 3. The van der Waals surface area contributed by atoms with Crippen molar-refractivity contribution in [2.75, 3.05) is 25.5 Å². The maximum atomic E-state index is 13.2. The van der Waals surface area contributed by atoms with Gasteiger partial charge in [0.15, 0.2) is 5.69 Å². The average molecular weight is 515 g/mol. The number of piperidine rings is 1. The molecule has 2 amide bonds. The zero-order valence-corrected chi connectivity index (χ0v) is 20.9. The van der Waals surface area contributed by atoms with Crippen molar-refractivity contribution in [1.82, 2.24) is 14.7 Å². The van der Waals surface area contributed by atoms with Gasteiger partial charge in [0.2, 0.25) is 5.91 Å². The quantitative estimate of drug-likeness (QED) is 0.505. The summed E-state index contributed by atoms with van der Waals surface area (Å²) >= 11 is 0. The first-order chi connectivity index (χ1) is 17.6. The lowest BCUT2D eigenvalue weighted by molar-refractivity contribution is -0.141. The summed E-state index contributed by atoms with van der Waals surface area (Å²) in [5.74, 6) is 0.236. The number of likely N-dealkylation sites (tertiary alicyclic amines) is 1. The van der Waals surface area contributed by atoms with Crippen LogP contribution in [0.15, 0.2) is 48.7 Å². The predicted octanol–water partition coefficient (Wildman–Crippen LogP) is 4.96. The van der Waals surface area contributed by atoms with Crippen molar-refractivity contribution >= 4 is 17.5 Å². The van der Waals surface area contributed by atoms with Gasteiger partial charge in [0.1, 0.15) is 5.75 Å². The minimum absolute atomic E-state index is 0.0847. The van der Waals surface area contributed by atoms with E-state index in [9.17, 15) is 22.8 Å². The van der Waals surface area contributed by atoms with Gasteiger partial charge in [-0.2, -0.15) is 18.3 Å². The minimum Gasteiger partial charge on any atom is -0.496 e. The molecule has 1 aromatic heterocycles. The van der Waals surface area contributed by atoms with E-state index in [1.807, 2.05) is 42.2 Å². The van der Waals surface area contributed by atoms with Crippen LogP contribution in [0.1, 0.15) is 51.5 Å². The van der Waals surface area contributed by atoms with Crippen LogP contribution in [0, 0.1) is 6.92 Å². The van der Waals surface area contributed by atoms with Gasteiger partial charge in [-0.3, -0.25) is 14.3 Å². The van der Waals surface area contributed by atoms with E-state index in [-0.39, 0.29) is 11.8 Å². The zero-order valence-electron chi connectivity index (χ0n) is 20.9. The van der Waals surface area contributed by atoms with Gasteiger partial charge < -0.3 is 15.0 Å². The number of carbonyl (C=O) groups excluding carboxylic acids is 2. The van der Waals surface area contributed by atoms with Gasteiger partial charge in [0.25, 0.3) is 5.91 Å². The topological polar surface area (TPSA) is 76.5 Å². The number of benzene rings is 2. The SMILES string of the molecule is COc1cccc(CC(=O)N2CCC(c3ccc(NC(=O)c4cn(C)nc4C(F)(F)F)cc3)CC2)c1C. The minimum atomic E-state index is -4.72. The molecule has 0 spiro atoms. The molecule has 2 heterocycles. The Kier molecular flexibility index (Phi) is 7.56. The number of anilines is 1. The van der Waals surface area contributed by atoms with E-state index in [1.54, 1.807) is 19.2 Å². The molecule has 0 atom stereocenters. The predicted molar refractivity (Wildman–Crippen MR) is 133 cm³/mol. The number of alkyl halides is 3. The summed E-state index contributed by atoms with van der Waals surface area (Å²) in [6.07, 6.45) is -1.73. The van der Waals surface area contributed by atoms with Crippen LogP contribution in [0.3, 0.4) is 0 Å². The molecule has 1 aliphatic heterocycles. The molecular weight excluding hydrogens is 485 g/mol. The molecule has 1 saturated heterocycles. The second kappa shape index (κ2) is 10.7. The van der Waals surface area contributed by atoms with Gasteiger partial charge in [-0.15, -0.1) is 0 Å². The van der Waals surface area contributed by atoms with Gasteiger partial charge in [-0.1, -0.05) is 24.3 Å². The van der Waals surface area contributed by atoms with E-state index >= 15 is 0 Å². The number of nitrogens with one attached hydrogen (secondary N) is 1. The highest BCUT2D eigenvalue weighted by Crippen LogP contribution is 2.32. The number of rotatable bonds is 6. The molecule has 0 saturated carbocycles. The number of methoxy groups -OCH3 is 1. The van der Waals surface area contributed by atoms with Gasteiger partial charge in [-0.05, 0) is 60.6 Å². The van der Waals surface area contributed by atoms with Crippen LogP contribution < -0.4 is 10.1 Å². The Morgan fingerprint density at radius 1 is 1.11 bits per heavy atom. The Balaban J connectivity index is 1.33. The second-order valence-corrected chi connectivity index (χ2v) is 9.22. The van der Waals surface area contributed by atoms with Crippen LogP contribution >= 0.6 is 0 Å². The monoisotopic (exact) mass is 514 g/mol. The van der Waals surface area contributed by atoms with Gasteiger partial charge in [0.05, 0.1) is 19.1 Å². The third-order valence-electron chi connectivity index (χ3n) is 6.79. The normalized spacial score (nSPS) is 14.5. The smallest absolute Gasteiger partial charge is 0.435 e. The van der Waals surface area contributed by atoms with E-state index < -0.39 is 23.3 Å². The zero-order chi connectivity index (χ0) is 26.7. The van der Waals surface area contributed by atoms with Crippen molar-refractivity contribution in [2.24, 2.45) is 7.05 Å². The molecule has 2 aromatic carbocycles. The maximum Gasteiger partial charge on any atom is 0.435 e. The Hall–Kier alpha value is -3.82. The summed E-state index contributed by atoms with van der Waals surface area (Å²) in [4.78, 5) is 27.2. The number of ether oxygens (including phenoxy) is 1. The molecular formula is C27H29F3N4O3. The molecule has 1 N–H and O–H groups in total. The first kappa shape index (κ1) is 26.2. The molecule has 196 valence electrons. The van der Waals surface area contributed by atoms with Crippen molar-refractivity contribution in [3.05, 3.63) is 76.6 Å². The Bertz CT molecular complexity index is 1280. The fourth-order valence-corrected chi connectivity index (χ4v) is 4.71. The summed E-state index contributed by atoms with van der Waals surface area (Å²) < 4.78 is 45.8. The highest BCUT2D eigenvalue weighted by molar-refractivity contribution is 6.05. The maximum absolute atomic E-state index is 13.2. The number of hydrogen-bond acceptors (Lipinski definition) is 4. The number of hydrogen-bond donors (Lipinski definition) is 1. The molecule has 0 radical (unpaired) electrons. The number of aromatic nitrogens is 2. The molecule has 0 aliphatic carbocycles. The standard InChI is InChI=1S/C27H29F3N4O3/c1-17-20(5-4-6-23(17)37-3)15-24(35)34-13-11-19(12-14-34)18-7-9-21(10-8-18)31-26(36)22-16-33(2)32-25(22)27(28,29)30/h4-10,16,19H,11-15H2,1-3H3,(H,31,36). The summed E-state index contributed by atoms with van der Waals surface area (Å²) in [5.41, 5.74) is 1.64. The molecule has 3 aromatic rings. The molecule has 1 aliphatic rings. The molecule has 0 unspecified atom stereocenters. The van der Waals surface area contributed by atoms with Crippen molar-refractivity contribution in [2.45, 2.75) is 38.3 Å². The van der Waals surface area contributed by atoms with E-state index in [0.29, 0.717) is 25.2 Å². The summed E-state index contributed by atoms with van der Waals surface area (Å²) in [6.45, 7) is 3.24. The number of nitrogens with zero attached hydrogens (tertiary/aromatic N) is 3. The molecule has 7 nitrogen and oxygen atoms in total. The average Bonchev–Trinajstić information content (AvgIpc) is 3.28. The third-order valence-corrected chi connectivity index (χ3v) is 6.79. The van der Waals surface area contributed by atoms with Crippen molar-refractivity contribution in [3.63, 3.8) is 0 Å². The summed E-state index contributed by atoms with van der Waals surface area (Å²) in [6, 6.07) is 12.8. The van der Waals surface area contributed by atoms with Gasteiger partial charge in [0, 0.05) is 32.0 Å². The first-order valence-corrected chi connectivity index (χ1v) is 12.0. The lowest BCUT2D eigenvalue weighted by Crippen LogP contribution is -2.38. The molecule has 37 heavy (non-hydrogen) atoms. The lowest BCUT2D eigenvalue weighted by Gasteiger charge is -2.32. The van der Waals surface area contributed by atoms with Crippen LogP contribution in [0.25, 0.3) is 0 Å². The van der Waals surface area contributed by atoms with Crippen molar-refractivity contribution < 1.29 is 27.5 Å². The Morgan fingerprint density at radius 3 is 2.41 bits per heavy atom. The van der Waals surface area contributed by atoms with Crippen LogP contribution in [0.2, 0.25) is 0 Å². The molecule has 4 rings (SSSR count). The van der Waals surface area contributed by atoms with E-state index in [4.69, 9.17) is 4.74 Å².